The molecule has 2 aliphatic rings. The number of piperidine rings is 1. The fourth-order valence-corrected chi connectivity index (χ4v) is 3.35. The Morgan fingerprint density at radius 2 is 2.16 bits per heavy atom. The normalized spacial score (nSPS) is 21.3. The summed E-state index contributed by atoms with van der Waals surface area (Å²) < 4.78 is 0. The molecule has 3 rings (SSSR count). The molecule has 25 heavy (non-hydrogen) atoms. The number of nitrogens with one attached hydrogen (secondary N) is 2. The molecule has 2 aliphatic heterocycles. The molecule has 0 aliphatic carbocycles. The van der Waals surface area contributed by atoms with Crippen molar-refractivity contribution in [3.63, 3.8) is 0 Å². The van der Waals surface area contributed by atoms with Crippen molar-refractivity contribution in [3.8, 4) is 0 Å². The summed E-state index contributed by atoms with van der Waals surface area (Å²) >= 11 is 0. The van der Waals surface area contributed by atoms with E-state index in [1.54, 1.807) is 11.0 Å². The van der Waals surface area contributed by atoms with Gasteiger partial charge in [-0.1, -0.05) is 19.1 Å². The fourth-order valence-electron chi connectivity index (χ4n) is 3.35. The van der Waals surface area contributed by atoms with Gasteiger partial charge >= 0.3 is 0 Å². The van der Waals surface area contributed by atoms with Crippen LogP contribution in [0.15, 0.2) is 18.2 Å². The van der Waals surface area contributed by atoms with Crippen molar-refractivity contribution in [2.45, 2.75) is 51.4 Å². The van der Waals surface area contributed by atoms with Crippen molar-refractivity contribution in [3.05, 3.63) is 34.9 Å². The van der Waals surface area contributed by atoms with E-state index in [1.807, 2.05) is 19.1 Å². The number of carbonyl (C=O) groups excluding carboxylic acids is 3. The summed E-state index contributed by atoms with van der Waals surface area (Å²) in [6.45, 7) is 3.79. The molecule has 1 fully saturated rings. The van der Waals surface area contributed by atoms with Crippen LogP contribution in [0.5, 0.6) is 0 Å². The smallest absolute Gasteiger partial charge is 0.255 e. The van der Waals surface area contributed by atoms with Crippen LogP contribution in [0.4, 0.5) is 0 Å². The quantitative estimate of drug-likeness (QED) is 0.643. The third-order valence-corrected chi connectivity index (χ3v) is 4.93. The third-order valence-electron chi connectivity index (χ3n) is 4.93. The SMILES string of the molecule is CC[C@@H](N)CNCc1cccc2c1CN(C1CCC(=O)NC1=O)C2=O. The summed E-state index contributed by atoms with van der Waals surface area (Å²) in [6.07, 6.45) is 1.55. The second-order valence-corrected chi connectivity index (χ2v) is 6.64. The van der Waals surface area contributed by atoms with Gasteiger partial charge in [0.2, 0.25) is 11.8 Å². The Balaban J connectivity index is 1.73. The summed E-state index contributed by atoms with van der Waals surface area (Å²) in [5, 5.41) is 5.65. The highest BCUT2D eigenvalue weighted by Gasteiger charge is 2.39. The molecule has 1 aromatic carbocycles. The zero-order valence-corrected chi connectivity index (χ0v) is 14.4. The van der Waals surface area contributed by atoms with Crippen molar-refractivity contribution in [2.75, 3.05) is 6.54 Å². The van der Waals surface area contributed by atoms with Gasteiger partial charge in [0, 0.05) is 37.7 Å². The van der Waals surface area contributed by atoms with E-state index in [9.17, 15) is 14.4 Å². The number of carbonyl (C=O) groups is 3. The molecule has 134 valence electrons. The van der Waals surface area contributed by atoms with E-state index in [1.165, 1.54) is 0 Å². The van der Waals surface area contributed by atoms with E-state index in [4.69, 9.17) is 5.73 Å². The van der Waals surface area contributed by atoms with Crippen LogP contribution in [-0.4, -0.2) is 41.2 Å². The molecular formula is C18H24N4O3. The van der Waals surface area contributed by atoms with Crippen LogP contribution >= 0.6 is 0 Å². The van der Waals surface area contributed by atoms with Gasteiger partial charge in [-0.15, -0.1) is 0 Å². The van der Waals surface area contributed by atoms with Gasteiger partial charge < -0.3 is 16.0 Å². The van der Waals surface area contributed by atoms with E-state index >= 15 is 0 Å². The number of imide groups is 1. The zero-order valence-electron chi connectivity index (χ0n) is 14.4. The standard InChI is InChI=1S/C18H24N4O3/c1-2-12(19)9-20-8-11-4-3-5-13-14(11)10-22(18(13)25)15-6-7-16(23)21-17(15)24/h3-5,12,15,20H,2,6-10,19H2,1H3,(H,21,23,24)/t12-,15?/m1/s1. The number of rotatable bonds is 6. The highest BCUT2D eigenvalue weighted by Crippen LogP contribution is 2.29. The van der Waals surface area contributed by atoms with Gasteiger partial charge in [-0.3, -0.25) is 19.7 Å². The first-order valence-corrected chi connectivity index (χ1v) is 8.73. The van der Waals surface area contributed by atoms with Gasteiger partial charge in [0.05, 0.1) is 0 Å². The summed E-state index contributed by atoms with van der Waals surface area (Å²) in [5.74, 6) is -0.801. The highest BCUT2D eigenvalue weighted by atomic mass is 16.2. The topological polar surface area (TPSA) is 105 Å². The monoisotopic (exact) mass is 344 g/mol. The summed E-state index contributed by atoms with van der Waals surface area (Å²) in [6, 6.07) is 5.18. The van der Waals surface area contributed by atoms with Crippen LogP contribution in [0, 0.1) is 0 Å². The zero-order chi connectivity index (χ0) is 18.0. The van der Waals surface area contributed by atoms with Gasteiger partial charge in [-0.05, 0) is 30.0 Å². The van der Waals surface area contributed by atoms with Crippen molar-refractivity contribution >= 4 is 17.7 Å². The van der Waals surface area contributed by atoms with Crippen LogP contribution in [-0.2, 0) is 22.7 Å². The van der Waals surface area contributed by atoms with Crippen molar-refractivity contribution in [1.82, 2.24) is 15.5 Å². The number of fused-ring (bicyclic) bond motifs is 1. The Kier molecular flexibility index (Phi) is 5.15. The molecule has 7 heteroatoms. The van der Waals surface area contributed by atoms with Gasteiger partial charge in [0.15, 0.2) is 0 Å². The Bertz CT molecular complexity index is 704. The molecule has 0 radical (unpaired) electrons. The van der Waals surface area contributed by atoms with Gasteiger partial charge in [0.1, 0.15) is 6.04 Å². The molecule has 1 saturated heterocycles. The number of amides is 3. The van der Waals surface area contributed by atoms with Gasteiger partial charge in [-0.25, -0.2) is 0 Å². The van der Waals surface area contributed by atoms with E-state index in [0.29, 0.717) is 31.6 Å². The third kappa shape index (κ3) is 3.57. The first kappa shape index (κ1) is 17.6. The van der Waals surface area contributed by atoms with Crippen LogP contribution in [0.25, 0.3) is 0 Å². The number of nitrogens with two attached hydrogens (primary N) is 1. The van der Waals surface area contributed by atoms with Gasteiger partial charge in [0.25, 0.3) is 5.91 Å². The Morgan fingerprint density at radius 1 is 1.36 bits per heavy atom. The predicted octanol–water partition coefficient (Wildman–Crippen LogP) is 0.275. The van der Waals surface area contributed by atoms with Crippen LogP contribution in [0.1, 0.15) is 47.7 Å². The van der Waals surface area contributed by atoms with Crippen molar-refractivity contribution < 1.29 is 14.4 Å². The molecule has 1 aromatic rings. The predicted molar refractivity (Wildman–Crippen MR) is 92.5 cm³/mol. The number of hydrogen-bond acceptors (Lipinski definition) is 5. The lowest BCUT2D eigenvalue weighted by atomic mass is 10.0. The average molecular weight is 344 g/mol. The summed E-state index contributed by atoms with van der Waals surface area (Å²) in [4.78, 5) is 37.7. The summed E-state index contributed by atoms with van der Waals surface area (Å²) in [7, 11) is 0. The molecule has 0 saturated carbocycles. The second-order valence-electron chi connectivity index (χ2n) is 6.64. The number of benzene rings is 1. The van der Waals surface area contributed by atoms with Crippen molar-refractivity contribution in [2.24, 2.45) is 5.73 Å². The van der Waals surface area contributed by atoms with Crippen LogP contribution in [0.2, 0.25) is 0 Å². The molecule has 2 heterocycles. The number of hydrogen-bond donors (Lipinski definition) is 3. The maximum Gasteiger partial charge on any atom is 0.255 e. The van der Waals surface area contributed by atoms with E-state index in [-0.39, 0.29) is 30.2 Å². The average Bonchev–Trinajstić information content (AvgIpc) is 2.92. The Hall–Kier alpha value is -2.25. The van der Waals surface area contributed by atoms with Gasteiger partial charge in [-0.2, -0.15) is 0 Å². The largest absolute Gasteiger partial charge is 0.327 e. The minimum Gasteiger partial charge on any atom is -0.327 e. The lowest BCUT2D eigenvalue weighted by Gasteiger charge is -2.29. The lowest BCUT2D eigenvalue weighted by Crippen LogP contribution is -2.52. The molecule has 0 aromatic heterocycles. The molecule has 7 nitrogen and oxygen atoms in total. The molecule has 3 amide bonds. The van der Waals surface area contributed by atoms with Crippen LogP contribution < -0.4 is 16.4 Å². The Morgan fingerprint density at radius 3 is 2.88 bits per heavy atom. The maximum atomic E-state index is 12.7. The maximum absolute atomic E-state index is 12.7. The first-order chi connectivity index (χ1) is 12.0. The highest BCUT2D eigenvalue weighted by molar-refractivity contribution is 6.05. The second kappa shape index (κ2) is 7.33. The minimum atomic E-state index is -0.577. The molecule has 4 N–H and O–H groups in total. The molecule has 1 unspecified atom stereocenters. The van der Waals surface area contributed by atoms with Crippen molar-refractivity contribution in [1.29, 1.82) is 0 Å². The van der Waals surface area contributed by atoms with E-state index < -0.39 is 6.04 Å². The molecule has 0 bridgehead atoms. The molecular weight excluding hydrogens is 320 g/mol. The molecule has 0 spiro atoms. The molecule has 2 atom stereocenters. The van der Waals surface area contributed by atoms with E-state index in [0.717, 1.165) is 17.5 Å². The van der Waals surface area contributed by atoms with Crippen LogP contribution in [0.3, 0.4) is 0 Å². The number of nitrogens with zero attached hydrogens (tertiary/aromatic N) is 1. The lowest BCUT2D eigenvalue weighted by molar-refractivity contribution is -0.136. The fraction of sp³-hybridized carbons (Fsp3) is 0.500. The Labute approximate surface area is 146 Å². The summed E-state index contributed by atoms with van der Waals surface area (Å²) in [5.41, 5.74) is 8.56. The first-order valence-electron chi connectivity index (χ1n) is 8.73. The van der Waals surface area contributed by atoms with E-state index in [2.05, 4.69) is 10.6 Å². The minimum absolute atomic E-state index is 0.110.